The van der Waals surface area contributed by atoms with Crippen LogP contribution in [0.2, 0.25) is 0 Å². The molecule has 1 atom stereocenters. The number of ether oxygens (including phenoxy) is 3. The van der Waals surface area contributed by atoms with Crippen molar-refractivity contribution in [3.8, 4) is 5.75 Å². The second kappa shape index (κ2) is 23.1. The predicted octanol–water partition coefficient (Wildman–Crippen LogP) is 8.66. The SMILES string of the molecule is C/C=c1/c(=O)c2cc(OCCCN(C)CCC(C)(C)OCCC(C)(C)N(C)CCCOC3=C/C(C)C(=O)/C=C/C=C\C=C(/C)SC/C=C\3)ccc2s/c1=C/C. The molecule has 0 saturated heterocycles. The maximum atomic E-state index is 13.0. The van der Waals surface area contributed by atoms with Crippen molar-refractivity contribution in [3.05, 3.63) is 97.4 Å². The summed E-state index contributed by atoms with van der Waals surface area (Å²) in [5.41, 5.74) is -0.199. The van der Waals surface area contributed by atoms with Crippen LogP contribution < -0.4 is 19.9 Å². The molecular weight excluding hydrogens is 725 g/mol. The Morgan fingerprint density at radius 2 is 1.64 bits per heavy atom. The molecule has 0 aliphatic carbocycles. The Balaban J connectivity index is 1.37. The van der Waals surface area contributed by atoms with Crippen LogP contribution in [0.5, 0.6) is 5.75 Å². The number of hydrogen-bond donors (Lipinski definition) is 0. The van der Waals surface area contributed by atoms with Crippen LogP contribution in [0.3, 0.4) is 0 Å². The number of allylic oxidation sites excluding steroid dienone is 8. The molecule has 0 radical (unpaired) electrons. The van der Waals surface area contributed by atoms with E-state index in [1.165, 1.54) is 4.91 Å². The van der Waals surface area contributed by atoms with Gasteiger partial charge in [0.1, 0.15) is 11.5 Å². The highest BCUT2D eigenvalue weighted by Crippen LogP contribution is 2.23. The Hall–Kier alpha value is -3.21. The van der Waals surface area contributed by atoms with E-state index >= 15 is 0 Å². The van der Waals surface area contributed by atoms with Gasteiger partial charge in [-0.25, -0.2) is 0 Å². The molecule has 1 unspecified atom stereocenters. The van der Waals surface area contributed by atoms with Crippen molar-refractivity contribution in [2.75, 3.05) is 59.3 Å². The minimum atomic E-state index is -0.261. The maximum Gasteiger partial charge on any atom is 0.195 e. The van der Waals surface area contributed by atoms with E-state index in [0.29, 0.717) is 19.8 Å². The number of carbonyl (C=O) groups is 1. The lowest BCUT2D eigenvalue weighted by Crippen LogP contribution is -2.43. The number of rotatable bonds is 18. The van der Waals surface area contributed by atoms with Gasteiger partial charge in [-0.2, -0.15) is 0 Å². The van der Waals surface area contributed by atoms with Crippen molar-refractivity contribution in [2.45, 2.75) is 92.2 Å². The van der Waals surface area contributed by atoms with Gasteiger partial charge in [0.2, 0.25) is 0 Å². The first-order valence-electron chi connectivity index (χ1n) is 19.7. The Morgan fingerprint density at radius 3 is 2.38 bits per heavy atom. The van der Waals surface area contributed by atoms with Gasteiger partial charge < -0.3 is 24.0 Å². The van der Waals surface area contributed by atoms with Gasteiger partial charge in [0, 0.05) is 63.3 Å². The van der Waals surface area contributed by atoms with Crippen LogP contribution in [0.1, 0.15) is 81.1 Å². The molecule has 3 rings (SSSR count). The van der Waals surface area contributed by atoms with Crippen LogP contribution in [0, 0.1) is 5.92 Å². The summed E-state index contributed by atoms with van der Waals surface area (Å²) in [6, 6.07) is 5.85. The molecule has 7 nitrogen and oxygen atoms in total. The first kappa shape index (κ1) is 46.2. The van der Waals surface area contributed by atoms with Gasteiger partial charge in [0.15, 0.2) is 11.2 Å². The van der Waals surface area contributed by atoms with Gasteiger partial charge in [-0.15, -0.1) is 23.1 Å². The van der Waals surface area contributed by atoms with Crippen LogP contribution >= 0.6 is 23.1 Å². The summed E-state index contributed by atoms with van der Waals surface area (Å²) in [6.45, 7) is 21.4. The van der Waals surface area contributed by atoms with Crippen LogP contribution in [0.25, 0.3) is 22.2 Å². The van der Waals surface area contributed by atoms with Crippen molar-refractivity contribution < 1.29 is 19.0 Å². The molecule has 0 amide bonds. The van der Waals surface area contributed by atoms with E-state index in [1.807, 2.05) is 75.4 Å². The molecular formula is C46H66N2O5S2. The molecule has 55 heavy (non-hydrogen) atoms. The molecule has 1 aromatic carbocycles. The average molecular weight is 791 g/mol. The lowest BCUT2D eigenvalue weighted by Gasteiger charge is -2.37. The molecule has 0 N–H and O–H groups in total. The number of nitrogens with zero attached hydrogens (tertiary/aromatic N) is 2. The van der Waals surface area contributed by atoms with Gasteiger partial charge in [0.25, 0.3) is 0 Å². The molecule has 2 heterocycles. The number of fused-ring (bicyclic) bond motifs is 1. The van der Waals surface area contributed by atoms with Crippen molar-refractivity contribution in [1.29, 1.82) is 0 Å². The summed E-state index contributed by atoms with van der Waals surface area (Å²) >= 11 is 3.41. The van der Waals surface area contributed by atoms with E-state index in [4.69, 9.17) is 14.2 Å². The zero-order valence-corrected chi connectivity index (χ0v) is 36.7. The molecule has 9 heteroatoms. The third kappa shape index (κ3) is 16.1. The molecule has 0 saturated carbocycles. The van der Waals surface area contributed by atoms with Crippen LogP contribution in [0.4, 0.5) is 0 Å². The second-order valence-corrected chi connectivity index (χ2v) is 17.8. The van der Waals surface area contributed by atoms with Gasteiger partial charge in [-0.05, 0) is 130 Å². The van der Waals surface area contributed by atoms with Crippen molar-refractivity contribution in [3.63, 3.8) is 0 Å². The first-order valence-corrected chi connectivity index (χ1v) is 21.5. The van der Waals surface area contributed by atoms with E-state index in [2.05, 4.69) is 70.7 Å². The lowest BCUT2D eigenvalue weighted by atomic mass is 9.98. The van der Waals surface area contributed by atoms with Gasteiger partial charge >= 0.3 is 0 Å². The van der Waals surface area contributed by atoms with Gasteiger partial charge in [-0.3, -0.25) is 9.59 Å². The third-order valence-electron chi connectivity index (χ3n) is 10.0. The molecule has 0 fully saturated rings. The minimum absolute atomic E-state index is 0.0323. The first-order chi connectivity index (χ1) is 26.2. The van der Waals surface area contributed by atoms with E-state index in [9.17, 15) is 9.59 Å². The maximum absolute atomic E-state index is 13.0. The highest BCUT2D eigenvalue weighted by atomic mass is 32.2. The number of thioether (sulfide) groups is 1. The van der Waals surface area contributed by atoms with Gasteiger partial charge in [0.05, 0.1) is 18.8 Å². The van der Waals surface area contributed by atoms with E-state index in [1.54, 1.807) is 35.3 Å². The third-order valence-corrected chi connectivity index (χ3v) is 12.2. The monoisotopic (exact) mass is 790 g/mol. The summed E-state index contributed by atoms with van der Waals surface area (Å²) in [4.78, 5) is 31.6. The number of carbonyl (C=O) groups excluding carboxylic acids is 1. The Kier molecular flexibility index (Phi) is 19.4. The fourth-order valence-corrected chi connectivity index (χ4v) is 7.65. The van der Waals surface area contributed by atoms with E-state index < -0.39 is 0 Å². The quantitative estimate of drug-likeness (QED) is 0.139. The summed E-state index contributed by atoms with van der Waals surface area (Å²) in [7, 11) is 4.32. The van der Waals surface area contributed by atoms with Crippen molar-refractivity contribution >= 4 is 51.1 Å². The van der Waals surface area contributed by atoms with E-state index in [0.717, 1.165) is 82.4 Å². The Morgan fingerprint density at radius 1 is 0.891 bits per heavy atom. The second-order valence-electron chi connectivity index (χ2n) is 15.5. The van der Waals surface area contributed by atoms with Crippen LogP contribution in [-0.2, 0) is 14.3 Å². The summed E-state index contributed by atoms with van der Waals surface area (Å²) < 4.78 is 20.7. The van der Waals surface area contributed by atoms with Crippen molar-refractivity contribution in [2.24, 2.45) is 5.92 Å². The van der Waals surface area contributed by atoms with Crippen LogP contribution in [-0.4, -0.2) is 86.0 Å². The molecule has 1 aliphatic heterocycles. The summed E-state index contributed by atoms with van der Waals surface area (Å²) in [6.07, 6.45) is 22.9. The predicted molar refractivity (Wildman–Crippen MR) is 238 cm³/mol. The van der Waals surface area contributed by atoms with Crippen molar-refractivity contribution in [1.82, 2.24) is 9.80 Å². The molecule has 1 aliphatic rings. The molecule has 0 bridgehead atoms. The number of benzene rings is 1. The molecule has 1 aromatic heterocycles. The lowest BCUT2D eigenvalue weighted by molar-refractivity contribution is -0.116. The molecule has 0 spiro atoms. The minimum Gasteiger partial charge on any atom is -0.494 e. The molecule has 2 aromatic rings. The number of hydrogen-bond acceptors (Lipinski definition) is 9. The topological polar surface area (TPSA) is 68.3 Å². The van der Waals surface area contributed by atoms with Crippen LogP contribution in [0.15, 0.2) is 82.3 Å². The Labute approximate surface area is 339 Å². The largest absolute Gasteiger partial charge is 0.494 e. The number of ketones is 1. The normalized spacial score (nSPS) is 20.6. The zero-order chi connectivity index (χ0) is 40.4. The smallest absolute Gasteiger partial charge is 0.195 e. The van der Waals surface area contributed by atoms with Gasteiger partial charge in [-0.1, -0.05) is 49.5 Å². The standard InChI is InChI=1S/C46H66N2O5S2/c1-11-39-42(12-2)55-43-23-22-38(34-40(43)44(39)50)52-29-17-26-47(9)28-24-46(7,8)53-31-25-45(5,6)48(10)27-18-30-51-37-20-16-32-54-36(4)19-14-13-15-21-41(49)35(3)33-37/h11-16,19-23,33-35H,17-18,24-32H2,1-10H3/b14-13-,20-16-,21-15+,36-19+,37-33+,39-11+,42-12+. The zero-order valence-electron chi connectivity index (χ0n) is 35.1. The summed E-state index contributed by atoms with van der Waals surface area (Å²) in [5.74, 6) is 2.12. The molecule has 302 valence electrons. The summed E-state index contributed by atoms with van der Waals surface area (Å²) in [5, 5.41) is 1.48. The fourth-order valence-electron chi connectivity index (χ4n) is 5.94. The fraction of sp³-hybridized carbons (Fsp3) is 0.522. The Bertz CT molecular complexity index is 1890. The highest BCUT2D eigenvalue weighted by Gasteiger charge is 2.26. The highest BCUT2D eigenvalue weighted by molar-refractivity contribution is 8.03. The van der Waals surface area contributed by atoms with E-state index in [-0.39, 0.29) is 28.3 Å². The average Bonchev–Trinajstić information content (AvgIpc) is 3.14.